The number of hydrogen-bond donors (Lipinski definition) is 5. The molecule has 9 heteroatoms. The third kappa shape index (κ3) is 3.66. The Hall–Kier alpha value is -3.98. The third-order valence-electron chi connectivity index (χ3n) is 5.77. The summed E-state index contributed by atoms with van der Waals surface area (Å²) in [5, 5.41) is 11.6. The van der Waals surface area contributed by atoms with Gasteiger partial charge in [-0.2, -0.15) is 0 Å². The Balaban J connectivity index is 1.67. The van der Waals surface area contributed by atoms with Gasteiger partial charge >= 0.3 is 0 Å². The predicted molar refractivity (Wildman–Crippen MR) is 134 cm³/mol. The molecule has 3 heterocycles. The maximum Gasteiger partial charge on any atom is 0.259 e. The molecule has 4 aromatic rings. The zero-order chi connectivity index (χ0) is 23.1. The molecule has 1 aliphatic rings. The van der Waals surface area contributed by atoms with Gasteiger partial charge in [0, 0.05) is 63.3 Å². The number of amidine groups is 1. The van der Waals surface area contributed by atoms with E-state index in [9.17, 15) is 9.59 Å². The van der Waals surface area contributed by atoms with E-state index in [-0.39, 0.29) is 5.17 Å². The molecule has 2 aromatic carbocycles. The summed E-state index contributed by atoms with van der Waals surface area (Å²) in [5.41, 5.74) is 16.0. The second kappa shape index (κ2) is 8.18. The van der Waals surface area contributed by atoms with Crippen LogP contribution in [-0.2, 0) is 16.1 Å². The minimum atomic E-state index is -0.422. The zero-order valence-corrected chi connectivity index (χ0v) is 18.5. The average Bonchev–Trinajstić information content (AvgIpc) is 3.43. The van der Waals surface area contributed by atoms with Gasteiger partial charge in [0.25, 0.3) is 11.8 Å². The van der Waals surface area contributed by atoms with E-state index >= 15 is 0 Å². The largest absolute Gasteiger partial charge is 0.399 e. The molecule has 1 aliphatic heterocycles. The second-order valence-corrected chi connectivity index (χ2v) is 9.00. The van der Waals surface area contributed by atoms with E-state index in [1.54, 1.807) is 6.20 Å². The number of nitrogens with zero attached hydrogens (tertiary/aromatic N) is 1. The van der Waals surface area contributed by atoms with Crippen LogP contribution in [0.1, 0.15) is 17.5 Å². The Morgan fingerprint density at radius 3 is 2.58 bits per heavy atom. The van der Waals surface area contributed by atoms with Gasteiger partial charge in [0.1, 0.15) is 0 Å². The number of aromatic amines is 1. The molecule has 5 rings (SSSR count). The molecule has 33 heavy (non-hydrogen) atoms. The predicted octanol–water partition coefficient (Wildman–Crippen LogP) is 3.29. The first kappa shape index (κ1) is 20.9. The van der Waals surface area contributed by atoms with Crippen molar-refractivity contribution in [1.29, 1.82) is 5.41 Å². The minimum Gasteiger partial charge on any atom is -0.399 e. The molecule has 2 aromatic heterocycles. The van der Waals surface area contributed by atoms with E-state index in [2.05, 4.69) is 14.9 Å². The van der Waals surface area contributed by atoms with Crippen molar-refractivity contribution in [2.24, 2.45) is 5.73 Å². The van der Waals surface area contributed by atoms with Gasteiger partial charge in [-0.25, -0.2) is 0 Å². The molecule has 0 atom stereocenters. The number of H-pyrrole nitrogens is 1. The number of amides is 2. The van der Waals surface area contributed by atoms with Crippen molar-refractivity contribution in [2.45, 2.75) is 13.0 Å². The average molecular weight is 459 g/mol. The van der Waals surface area contributed by atoms with Crippen LogP contribution in [0.2, 0.25) is 0 Å². The van der Waals surface area contributed by atoms with Crippen LogP contribution in [0.3, 0.4) is 0 Å². The molecule has 0 unspecified atom stereocenters. The summed E-state index contributed by atoms with van der Waals surface area (Å²) in [5.74, 6) is -0.127. The number of nitrogens with one attached hydrogen (secondary N) is 3. The second-order valence-electron chi connectivity index (χ2n) is 7.86. The van der Waals surface area contributed by atoms with Crippen LogP contribution in [0.5, 0.6) is 0 Å². The maximum atomic E-state index is 13.0. The SMILES string of the molecule is N=C(N)SCCCn1cc(C2=C(c3c[nH]c4ccccc34)C(=O)NC2=O)c2cc(N)ccc21. The van der Waals surface area contributed by atoms with Gasteiger partial charge < -0.3 is 21.0 Å². The molecule has 0 radical (unpaired) electrons. The Bertz CT molecular complexity index is 1480. The van der Waals surface area contributed by atoms with Gasteiger partial charge in [-0.1, -0.05) is 30.0 Å². The van der Waals surface area contributed by atoms with Gasteiger partial charge in [-0.3, -0.25) is 20.3 Å². The zero-order valence-electron chi connectivity index (χ0n) is 17.6. The van der Waals surface area contributed by atoms with Gasteiger partial charge in [-0.05, 0) is 30.7 Å². The monoisotopic (exact) mass is 458 g/mol. The van der Waals surface area contributed by atoms with E-state index in [0.717, 1.165) is 28.2 Å². The van der Waals surface area contributed by atoms with Crippen molar-refractivity contribution in [3.8, 4) is 0 Å². The van der Waals surface area contributed by atoms with E-state index < -0.39 is 11.8 Å². The van der Waals surface area contributed by atoms with Crippen molar-refractivity contribution in [2.75, 3.05) is 11.5 Å². The number of benzene rings is 2. The molecule has 2 amide bonds. The topological polar surface area (TPSA) is 143 Å². The lowest BCUT2D eigenvalue weighted by molar-refractivity contribution is -0.122. The molecular formula is C24H22N6O2S. The number of nitrogen functional groups attached to an aromatic ring is 1. The molecule has 7 N–H and O–H groups in total. The summed E-state index contributed by atoms with van der Waals surface area (Å²) in [7, 11) is 0. The molecule has 0 saturated carbocycles. The number of imide groups is 1. The standard InChI is InChI=1S/C24H22N6O2S/c25-13-6-7-19-15(10-13)17(12-30(19)8-3-9-33-24(26)27)21-20(22(31)29-23(21)32)16-11-28-18-5-2-1-4-14(16)18/h1-2,4-7,10-12,28H,3,8-9,25H2,(H3,26,27)(H,29,31,32). The summed E-state index contributed by atoms with van der Waals surface area (Å²) < 4.78 is 2.06. The van der Waals surface area contributed by atoms with Crippen LogP contribution in [0.15, 0.2) is 54.9 Å². The highest BCUT2D eigenvalue weighted by Gasteiger charge is 2.35. The number of aromatic nitrogens is 2. The van der Waals surface area contributed by atoms with Crippen LogP contribution in [0.25, 0.3) is 33.0 Å². The van der Waals surface area contributed by atoms with Crippen LogP contribution < -0.4 is 16.8 Å². The van der Waals surface area contributed by atoms with E-state index in [1.165, 1.54) is 11.8 Å². The van der Waals surface area contributed by atoms with Crippen LogP contribution in [0, 0.1) is 5.41 Å². The lowest BCUT2D eigenvalue weighted by Gasteiger charge is -2.05. The minimum absolute atomic E-state index is 0.0930. The van der Waals surface area contributed by atoms with E-state index in [0.29, 0.717) is 40.3 Å². The number of aryl methyl sites for hydroxylation is 1. The van der Waals surface area contributed by atoms with E-state index in [1.807, 2.05) is 48.7 Å². The number of thioether (sulfide) groups is 1. The number of anilines is 1. The van der Waals surface area contributed by atoms with Crippen LogP contribution >= 0.6 is 11.8 Å². The fourth-order valence-corrected chi connectivity index (χ4v) is 4.86. The molecule has 8 nitrogen and oxygen atoms in total. The van der Waals surface area contributed by atoms with Crippen LogP contribution in [-0.4, -0.2) is 32.3 Å². The normalized spacial score (nSPS) is 13.9. The fraction of sp³-hybridized carbons (Fsp3) is 0.125. The Labute approximate surface area is 193 Å². The summed E-state index contributed by atoms with van der Waals surface area (Å²) in [6, 6.07) is 13.3. The quantitative estimate of drug-likeness (QED) is 0.0990. The first-order valence-electron chi connectivity index (χ1n) is 10.5. The summed E-state index contributed by atoms with van der Waals surface area (Å²) >= 11 is 1.30. The molecule has 166 valence electrons. The van der Waals surface area contributed by atoms with Gasteiger partial charge in [0.15, 0.2) is 5.17 Å². The molecular weight excluding hydrogens is 436 g/mol. The highest BCUT2D eigenvalue weighted by Crippen LogP contribution is 2.38. The highest BCUT2D eigenvalue weighted by molar-refractivity contribution is 8.13. The lowest BCUT2D eigenvalue weighted by Crippen LogP contribution is -2.22. The summed E-state index contributed by atoms with van der Waals surface area (Å²) in [4.78, 5) is 29.1. The van der Waals surface area contributed by atoms with Gasteiger partial charge in [0.05, 0.1) is 11.1 Å². The molecule has 0 aliphatic carbocycles. The third-order valence-corrected chi connectivity index (χ3v) is 6.57. The van der Waals surface area contributed by atoms with Crippen molar-refractivity contribution in [1.82, 2.24) is 14.9 Å². The first-order valence-corrected chi connectivity index (χ1v) is 11.4. The summed E-state index contributed by atoms with van der Waals surface area (Å²) in [6.07, 6.45) is 4.47. The van der Waals surface area contributed by atoms with Crippen molar-refractivity contribution in [3.63, 3.8) is 0 Å². The molecule has 0 fully saturated rings. The number of fused-ring (bicyclic) bond motifs is 2. The number of hydrogen-bond acceptors (Lipinski definition) is 5. The number of carbonyl (C=O) groups excluding carboxylic acids is 2. The Kier molecular flexibility index (Phi) is 5.18. The highest BCUT2D eigenvalue weighted by atomic mass is 32.2. The Morgan fingerprint density at radius 1 is 1.03 bits per heavy atom. The van der Waals surface area contributed by atoms with Crippen molar-refractivity contribution >= 4 is 67.4 Å². The van der Waals surface area contributed by atoms with E-state index in [4.69, 9.17) is 16.9 Å². The Morgan fingerprint density at radius 2 is 1.79 bits per heavy atom. The van der Waals surface area contributed by atoms with Gasteiger partial charge in [0.2, 0.25) is 0 Å². The van der Waals surface area contributed by atoms with Crippen molar-refractivity contribution in [3.05, 3.63) is 66.0 Å². The van der Waals surface area contributed by atoms with Gasteiger partial charge in [-0.15, -0.1) is 0 Å². The molecule has 0 bridgehead atoms. The number of rotatable bonds is 6. The summed E-state index contributed by atoms with van der Waals surface area (Å²) in [6.45, 7) is 0.673. The number of para-hydroxylation sites is 1. The van der Waals surface area contributed by atoms with Crippen LogP contribution in [0.4, 0.5) is 5.69 Å². The lowest BCUT2D eigenvalue weighted by atomic mass is 9.95. The number of nitrogens with two attached hydrogens (primary N) is 2. The smallest absolute Gasteiger partial charge is 0.259 e. The van der Waals surface area contributed by atoms with Crippen molar-refractivity contribution < 1.29 is 9.59 Å². The fourth-order valence-electron chi connectivity index (χ4n) is 4.36. The molecule has 0 saturated heterocycles. The first-order chi connectivity index (χ1) is 15.9. The molecule has 0 spiro atoms. The maximum absolute atomic E-state index is 13.0. The number of carbonyl (C=O) groups is 2.